The molecule has 0 N–H and O–H groups in total. The molecule has 6 aromatic rings. The summed E-state index contributed by atoms with van der Waals surface area (Å²) in [5, 5.41) is 5.22. The molecule has 0 spiro atoms. The van der Waals surface area contributed by atoms with Crippen LogP contribution in [0.1, 0.15) is 48.9 Å². The molecule has 0 atom stereocenters. The van der Waals surface area contributed by atoms with Gasteiger partial charge in [-0.2, -0.15) is 0 Å². The second-order valence-corrected chi connectivity index (χ2v) is 13.6. The van der Waals surface area contributed by atoms with Gasteiger partial charge in [0.15, 0.2) is 0 Å². The summed E-state index contributed by atoms with van der Waals surface area (Å²) in [5.41, 5.74) is 14.6. The van der Waals surface area contributed by atoms with Crippen molar-refractivity contribution in [2.75, 3.05) is 4.90 Å². The Morgan fingerprint density at radius 2 is 1.40 bits per heavy atom. The van der Waals surface area contributed by atoms with Crippen molar-refractivity contribution in [1.29, 1.82) is 0 Å². The molecule has 1 nitrogen and oxygen atoms in total. The molecule has 1 heteroatoms. The molecule has 0 saturated heterocycles. The summed E-state index contributed by atoms with van der Waals surface area (Å²) in [7, 11) is 0. The summed E-state index contributed by atoms with van der Waals surface area (Å²) in [6.07, 6.45) is 16.7. The van der Waals surface area contributed by atoms with E-state index in [4.69, 9.17) is 0 Å². The van der Waals surface area contributed by atoms with E-state index in [-0.39, 0.29) is 5.41 Å². The third-order valence-electron chi connectivity index (χ3n) is 10.6. The molecule has 0 aliphatic heterocycles. The number of benzene rings is 6. The highest BCUT2D eigenvalue weighted by Gasteiger charge is 2.37. The van der Waals surface area contributed by atoms with Crippen LogP contribution < -0.4 is 4.90 Å². The Labute approximate surface area is 277 Å². The second kappa shape index (κ2) is 10.9. The highest BCUT2D eigenvalue weighted by atomic mass is 15.1. The van der Waals surface area contributed by atoms with E-state index in [9.17, 15) is 0 Å². The first kappa shape index (κ1) is 27.9. The molecule has 226 valence electrons. The van der Waals surface area contributed by atoms with E-state index in [2.05, 4.69) is 170 Å². The van der Waals surface area contributed by atoms with E-state index < -0.39 is 0 Å². The summed E-state index contributed by atoms with van der Waals surface area (Å²) < 4.78 is 0. The zero-order chi connectivity index (χ0) is 31.5. The Hall–Kier alpha value is -5.40. The molecule has 0 fully saturated rings. The molecule has 47 heavy (non-hydrogen) atoms. The molecule has 6 aromatic carbocycles. The smallest absolute Gasteiger partial charge is 0.0499 e. The van der Waals surface area contributed by atoms with Gasteiger partial charge in [0, 0.05) is 22.5 Å². The van der Waals surface area contributed by atoms with Crippen LogP contribution >= 0.6 is 0 Å². The first-order valence-electron chi connectivity index (χ1n) is 16.9. The highest BCUT2D eigenvalue weighted by Crippen LogP contribution is 2.52. The second-order valence-electron chi connectivity index (χ2n) is 13.6. The Bertz CT molecular complexity index is 2330. The quantitative estimate of drug-likeness (QED) is 0.181. The van der Waals surface area contributed by atoms with E-state index in [1.54, 1.807) is 0 Å². The van der Waals surface area contributed by atoms with E-state index in [1.807, 2.05) is 0 Å². The Morgan fingerprint density at radius 3 is 2.28 bits per heavy atom. The van der Waals surface area contributed by atoms with Gasteiger partial charge in [0.25, 0.3) is 0 Å². The maximum absolute atomic E-state index is 2.47. The monoisotopic (exact) mass is 603 g/mol. The number of hydrogen-bond acceptors (Lipinski definition) is 1. The molecular weight excluding hydrogens is 567 g/mol. The Balaban J connectivity index is 1.25. The first-order chi connectivity index (χ1) is 23.1. The van der Waals surface area contributed by atoms with Crippen LogP contribution in [0.5, 0.6) is 0 Å². The molecule has 0 bridgehead atoms. The molecule has 3 aliphatic carbocycles. The zero-order valence-electron chi connectivity index (χ0n) is 27.0. The van der Waals surface area contributed by atoms with Gasteiger partial charge in [0.2, 0.25) is 0 Å². The number of fused-ring (bicyclic) bond motifs is 7. The topological polar surface area (TPSA) is 3.24 Å². The average Bonchev–Trinajstić information content (AvgIpc) is 3.25. The van der Waals surface area contributed by atoms with Gasteiger partial charge in [0.1, 0.15) is 0 Å². The molecular formula is C46H37N. The maximum atomic E-state index is 2.47. The number of nitrogens with zero attached hydrogens (tertiary/aromatic N) is 1. The average molecular weight is 604 g/mol. The summed E-state index contributed by atoms with van der Waals surface area (Å²) in [6.45, 7) is 4.78. The van der Waals surface area contributed by atoms with Gasteiger partial charge in [0.05, 0.1) is 0 Å². The molecule has 0 heterocycles. The Kier molecular flexibility index (Phi) is 6.43. The van der Waals surface area contributed by atoms with Crippen molar-refractivity contribution in [3.05, 3.63) is 173 Å². The van der Waals surface area contributed by atoms with Crippen molar-refractivity contribution in [1.82, 2.24) is 0 Å². The van der Waals surface area contributed by atoms with Crippen LogP contribution in [0.2, 0.25) is 0 Å². The van der Waals surface area contributed by atoms with Crippen LogP contribution in [0.15, 0.2) is 151 Å². The number of allylic oxidation sites excluding steroid dienone is 7. The summed E-state index contributed by atoms with van der Waals surface area (Å²) in [6, 6.07) is 43.0. The minimum Gasteiger partial charge on any atom is -0.310 e. The van der Waals surface area contributed by atoms with Crippen molar-refractivity contribution >= 4 is 50.3 Å². The summed E-state index contributed by atoms with van der Waals surface area (Å²) in [4.78, 5) is 2.47. The van der Waals surface area contributed by atoms with Gasteiger partial charge < -0.3 is 4.90 Å². The first-order valence-corrected chi connectivity index (χ1v) is 16.9. The van der Waals surface area contributed by atoms with Gasteiger partial charge in [-0.3, -0.25) is 0 Å². The standard InChI is InChI=1S/C46H37N/c1-46(2)42-18-8-4-7-17-40(42)45-39-27-23-34-22-26-36(30-41(34)38(39)28-29-43(45)46)47(44-19-11-15-33-14-9-10-16-37(33)44)35-24-20-32(21-25-35)31-12-5-3-6-13-31/h3-9,11-15,17,19-30H,10,16,18H2,1-2H3. The minimum atomic E-state index is 0.0121. The molecule has 0 aromatic heterocycles. The number of hydrogen-bond donors (Lipinski definition) is 0. The summed E-state index contributed by atoms with van der Waals surface area (Å²) in [5.74, 6) is 0. The lowest BCUT2D eigenvalue weighted by Crippen LogP contribution is -2.17. The van der Waals surface area contributed by atoms with Crippen LogP contribution in [-0.4, -0.2) is 0 Å². The van der Waals surface area contributed by atoms with E-state index >= 15 is 0 Å². The van der Waals surface area contributed by atoms with Crippen molar-refractivity contribution in [3.63, 3.8) is 0 Å². The van der Waals surface area contributed by atoms with Crippen LogP contribution in [0.25, 0.3) is 44.3 Å². The minimum absolute atomic E-state index is 0.0121. The molecule has 0 unspecified atom stereocenters. The van der Waals surface area contributed by atoms with Gasteiger partial charge >= 0.3 is 0 Å². The predicted octanol–water partition coefficient (Wildman–Crippen LogP) is 12.7. The van der Waals surface area contributed by atoms with Crippen LogP contribution in [0, 0.1) is 0 Å². The van der Waals surface area contributed by atoms with Crippen LogP contribution in [0.4, 0.5) is 17.1 Å². The third kappa shape index (κ3) is 4.45. The molecule has 3 aliphatic rings. The maximum Gasteiger partial charge on any atom is 0.0499 e. The van der Waals surface area contributed by atoms with Gasteiger partial charge in [-0.15, -0.1) is 0 Å². The van der Waals surface area contributed by atoms with Crippen LogP contribution in [0.3, 0.4) is 0 Å². The van der Waals surface area contributed by atoms with E-state index in [1.165, 1.54) is 83.1 Å². The van der Waals surface area contributed by atoms with Crippen molar-refractivity contribution in [2.24, 2.45) is 0 Å². The summed E-state index contributed by atoms with van der Waals surface area (Å²) >= 11 is 0. The lowest BCUT2D eigenvalue weighted by molar-refractivity contribution is 0.626. The highest BCUT2D eigenvalue weighted by molar-refractivity contribution is 6.14. The SMILES string of the molecule is CC1(C)C2=C(C=CC=CC2)c2c1ccc1c2ccc2ccc(N(c3ccc(-c4ccccc4)cc3)c3cccc4c3CCC=C4)cc21. The van der Waals surface area contributed by atoms with Crippen LogP contribution in [-0.2, 0) is 11.8 Å². The van der Waals surface area contributed by atoms with E-state index in [0.717, 1.165) is 19.3 Å². The number of anilines is 3. The van der Waals surface area contributed by atoms with E-state index in [0.29, 0.717) is 0 Å². The van der Waals surface area contributed by atoms with Gasteiger partial charge in [-0.1, -0.05) is 135 Å². The molecule has 0 radical (unpaired) electrons. The molecule has 0 amide bonds. The fourth-order valence-electron chi connectivity index (χ4n) is 8.22. The van der Waals surface area contributed by atoms with Crippen molar-refractivity contribution < 1.29 is 0 Å². The largest absolute Gasteiger partial charge is 0.310 e. The molecule has 0 saturated carbocycles. The zero-order valence-corrected chi connectivity index (χ0v) is 27.0. The molecule has 9 rings (SSSR count). The fraction of sp³-hybridized carbons (Fsp3) is 0.130. The van der Waals surface area contributed by atoms with Crippen molar-refractivity contribution in [2.45, 2.75) is 38.5 Å². The number of rotatable bonds is 4. The fourth-order valence-corrected chi connectivity index (χ4v) is 8.22. The lowest BCUT2D eigenvalue weighted by Gasteiger charge is -2.30. The van der Waals surface area contributed by atoms with Gasteiger partial charge in [-0.05, 0) is 116 Å². The lowest BCUT2D eigenvalue weighted by atomic mass is 9.79. The Morgan fingerprint density at radius 1 is 0.617 bits per heavy atom. The normalized spacial score (nSPS) is 15.9. The van der Waals surface area contributed by atoms with Gasteiger partial charge in [-0.25, -0.2) is 0 Å². The predicted molar refractivity (Wildman–Crippen MR) is 202 cm³/mol. The van der Waals surface area contributed by atoms with Crippen molar-refractivity contribution in [3.8, 4) is 11.1 Å². The third-order valence-corrected chi connectivity index (χ3v) is 10.6.